The Morgan fingerprint density at radius 3 is 1.92 bits per heavy atom. The van der Waals surface area contributed by atoms with Crippen molar-refractivity contribution in [2.24, 2.45) is 11.8 Å². The van der Waals surface area contributed by atoms with E-state index in [2.05, 4.69) is 19.2 Å². The van der Waals surface area contributed by atoms with Gasteiger partial charge in [0, 0.05) is 22.7 Å². The van der Waals surface area contributed by atoms with E-state index >= 15 is 0 Å². The highest BCUT2D eigenvalue weighted by atomic mass is 16.5. The first kappa shape index (κ1) is 24.8. The molecule has 37 heavy (non-hydrogen) atoms. The van der Waals surface area contributed by atoms with Gasteiger partial charge in [-0.2, -0.15) is 0 Å². The zero-order valence-electron chi connectivity index (χ0n) is 21.8. The van der Waals surface area contributed by atoms with E-state index in [-0.39, 0.29) is 11.9 Å². The minimum atomic E-state index is -0.0557. The number of nitrogens with zero attached hydrogens (tertiary/aromatic N) is 2. The lowest BCUT2D eigenvalue weighted by Gasteiger charge is -2.34. The number of rotatable bonds is 6. The maximum atomic E-state index is 13.2. The minimum Gasteiger partial charge on any atom is -0.497 e. The Morgan fingerprint density at radius 1 is 0.784 bits per heavy atom. The third-order valence-corrected chi connectivity index (χ3v) is 7.68. The van der Waals surface area contributed by atoms with Crippen LogP contribution in [0.15, 0.2) is 66.7 Å². The second-order valence-corrected chi connectivity index (χ2v) is 9.93. The van der Waals surface area contributed by atoms with Crippen LogP contribution in [0.4, 0.5) is 0 Å². The molecule has 0 radical (unpaired) electrons. The number of hydrogen-bond donors (Lipinski definition) is 1. The highest BCUT2D eigenvalue weighted by Gasteiger charge is 2.28. The highest BCUT2D eigenvalue weighted by Crippen LogP contribution is 2.33. The number of methoxy groups -OCH3 is 2. The topological polar surface area (TPSA) is 73.3 Å². The average Bonchev–Trinajstić information content (AvgIpc) is 2.94. The number of hydrogen-bond acceptors (Lipinski definition) is 5. The first-order chi connectivity index (χ1) is 18.0. The van der Waals surface area contributed by atoms with Crippen molar-refractivity contribution in [3.63, 3.8) is 0 Å². The van der Waals surface area contributed by atoms with Crippen LogP contribution in [0.3, 0.4) is 0 Å². The number of carbonyl (C=O) groups excluding carboxylic acids is 1. The molecule has 1 fully saturated rings. The van der Waals surface area contributed by atoms with Gasteiger partial charge in [0.15, 0.2) is 0 Å². The van der Waals surface area contributed by atoms with Crippen LogP contribution in [0.2, 0.25) is 0 Å². The molecule has 0 spiro atoms. The van der Waals surface area contributed by atoms with Crippen molar-refractivity contribution in [3.05, 3.63) is 72.3 Å². The maximum Gasteiger partial charge on any atom is 0.251 e. The summed E-state index contributed by atoms with van der Waals surface area (Å²) >= 11 is 0. The molecule has 6 nitrogen and oxygen atoms in total. The van der Waals surface area contributed by atoms with Crippen LogP contribution in [-0.4, -0.2) is 36.1 Å². The first-order valence-corrected chi connectivity index (χ1v) is 12.9. The molecular formula is C31H33N3O3. The average molecular weight is 496 g/mol. The standard InChI is InChI=1S/C31H33N3O3/c1-19-6-5-7-26(20(19)2)34-31(35)23-12-17-27-28(18-23)33-30(22-10-15-25(37-4)16-11-22)29(32-27)21-8-13-24(36-3)14-9-21/h8-20,26H,5-7H2,1-4H3,(H,34,35)/t19-,20-,26+/m0/s1. The smallest absolute Gasteiger partial charge is 0.251 e. The van der Waals surface area contributed by atoms with Crippen molar-refractivity contribution in [1.82, 2.24) is 15.3 Å². The van der Waals surface area contributed by atoms with Gasteiger partial charge < -0.3 is 14.8 Å². The molecule has 0 bridgehead atoms. The van der Waals surface area contributed by atoms with Gasteiger partial charge in [-0.25, -0.2) is 9.97 Å². The van der Waals surface area contributed by atoms with E-state index in [1.165, 1.54) is 6.42 Å². The predicted octanol–water partition coefficient (Wildman–Crippen LogP) is 6.54. The molecule has 1 amide bonds. The molecule has 1 saturated carbocycles. The Balaban J connectivity index is 1.54. The summed E-state index contributed by atoms with van der Waals surface area (Å²) in [4.78, 5) is 23.2. The highest BCUT2D eigenvalue weighted by molar-refractivity contribution is 5.98. The van der Waals surface area contributed by atoms with Gasteiger partial charge in [-0.05, 0) is 85.0 Å². The van der Waals surface area contributed by atoms with Crippen molar-refractivity contribution in [1.29, 1.82) is 0 Å². The fourth-order valence-electron chi connectivity index (χ4n) is 5.13. The van der Waals surface area contributed by atoms with Crippen LogP contribution < -0.4 is 14.8 Å². The van der Waals surface area contributed by atoms with Crippen LogP contribution >= 0.6 is 0 Å². The van der Waals surface area contributed by atoms with E-state index in [0.29, 0.717) is 22.9 Å². The molecule has 1 aromatic heterocycles. The lowest BCUT2D eigenvalue weighted by Crippen LogP contribution is -2.43. The lowest BCUT2D eigenvalue weighted by atomic mass is 9.78. The number of nitrogens with one attached hydrogen (secondary N) is 1. The molecule has 1 heterocycles. The van der Waals surface area contributed by atoms with Gasteiger partial charge in [0.2, 0.25) is 0 Å². The third kappa shape index (κ3) is 5.15. The Bertz CT molecular complexity index is 1400. The lowest BCUT2D eigenvalue weighted by molar-refractivity contribution is 0.0891. The molecule has 0 unspecified atom stereocenters. The number of amides is 1. The van der Waals surface area contributed by atoms with Gasteiger partial charge in [-0.1, -0.05) is 26.7 Å². The van der Waals surface area contributed by atoms with Crippen molar-refractivity contribution in [2.45, 2.75) is 39.2 Å². The Hall–Kier alpha value is -3.93. The van der Waals surface area contributed by atoms with E-state index in [9.17, 15) is 4.79 Å². The second kappa shape index (κ2) is 10.6. The van der Waals surface area contributed by atoms with Crippen LogP contribution in [0, 0.1) is 11.8 Å². The minimum absolute atomic E-state index is 0.0557. The van der Waals surface area contributed by atoms with Crippen molar-refractivity contribution in [3.8, 4) is 34.0 Å². The molecule has 6 heteroatoms. The summed E-state index contributed by atoms with van der Waals surface area (Å²) in [6.07, 6.45) is 3.40. The SMILES string of the molecule is COc1ccc(-c2nc3ccc(C(=O)N[C@@H]4CCC[C@H](C)[C@@H]4C)cc3nc2-c2ccc(OC)cc2)cc1. The predicted molar refractivity (Wildman–Crippen MR) is 147 cm³/mol. The zero-order chi connectivity index (χ0) is 25.9. The molecule has 0 aliphatic heterocycles. The van der Waals surface area contributed by atoms with E-state index in [1.54, 1.807) is 14.2 Å². The maximum absolute atomic E-state index is 13.2. The first-order valence-electron chi connectivity index (χ1n) is 12.9. The number of carbonyl (C=O) groups is 1. The van der Waals surface area contributed by atoms with Gasteiger partial charge >= 0.3 is 0 Å². The summed E-state index contributed by atoms with van der Waals surface area (Å²) < 4.78 is 10.7. The van der Waals surface area contributed by atoms with Crippen LogP contribution in [0.1, 0.15) is 43.5 Å². The molecule has 5 rings (SSSR count). The fourth-order valence-corrected chi connectivity index (χ4v) is 5.13. The van der Waals surface area contributed by atoms with E-state index in [1.807, 2.05) is 66.7 Å². The Labute approximate surface area is 218 Å². The number of aromatic nitrogens is 2. The van der Waals surface area contributed by atoms with Crippen LogP contribution in [0.25, 0.3) is 33.5 Å². The summed E-state index contributed by atoms with van der Waals surface area (Å²) in [6, 6.07) is 21.3. The Morgan fingerprint density at radius 2 is 1.35 bits per heavy atom. The van der Waals surface area contributed by atoms with Crippen molar-refractivity contribution < 1.29 is 14.3 Å². The van der Waals surface area contributed by atoms with E-state index in [0.717, 1.165) is 52.4 Å². The summed E-state index contributed by atoms with van der Waals surface area (Å²) in [6.45, 7) is 4.51. The zero-order valence-corrected chi connectivity index (χ0v) is 21.8. The summed E-state index contributed by atoms with van der Waals surface area (Å²) in [7, 11) is 3.30. The van der Waals surface area contributed by atoms with Crippen LogP contribution in [0.5, 0.6) is 11.5 Å². The van der Waals surface area contributed by atoms with Gasteiger partial charge in [0.05, 0.1) is 36.6 Å². The fraction of sp³-hybridized carbons (Fsp3) is 0.323. The second-order valence-electron chi connectivity index (χ2n) is 9.93. The van der Waals surface area contributed by atoms with Gasteiger partial charge in [-0.3, -0.25) is 4.79 Å². The van der Waals surface area contributed by atoms with Crippen molar-refractivity contribution in [2.75, 3.05) is 14.2 Å². The van der Waals surface area contributed by atoms with E-state index in [4.69, 9.17) is 19.4 Å². The largest absolute Gasteiger partial charge is 0.497 e. The quantitative estimate of drug-likeness (QED) is 0.329. The molecule has 4 aromatic rings. The number of fused-ring (bicyclic) bond motifs is 1. The molecule has 1 N–H and O–H groups in total. The molecule has 190 valence electrons. The summed E-state index contributed by atoms with van der Waals surface area (Å²) in [5.41, 5.74) is 5.38. The monoisotopic (exact) mass is 495 g/mol. The third-order valence-electron chi connectivity index (χ3n) is 7.68. The Kier molecular flexibility index (Phi) is 7.08. The van der Waals surface area contributed by atoms with E-state index < -0.39 is 0 Å². The normalized spacial score (nSPS) is 19.4. The number of benzene rings is 3. The molecule has 1 aliphatic carbocycles. The summed E-state index contributed by atoms with van der Waals surface area (Å²) in [5, 5.41) is 3.27. The van der Waals surface area contributed by atoms with Gasteiger partial charge in [-0.15, -0.1) is 0 Å². The van der Waals surface area contributed by atoms with Gasteiger partial charge in [0.1, 0.15) is 11.5 Å². The van der Waals surface area contributed by atoms with Crippen LogP contribution in [-0.2, 0) is 0 Å². The summed E-state index contributed by atoms with van der Waals surface area (Å²) in [5.74, 6) is 2.58. The molecule has 3 atom stereocenters. The number of ether oxygens (including phenoxy) is 2. The molecule has 1 aliphatic rings. The van der Waals surface area contributed by atoms with Gasteiger partial charge in [0.25, 0.3) is 5.91 Å². The molecule has 3 aromatic carbocycles. The molecular weight excluding hydrogens is 462 g/mol. The van der Waals surface area contributed by atoms with Crippen molar-refractivity contribution >= 4 is 16.9 Å². The molecule has 0 saturated heterocycles.